The second-order valence-electron chi connectivity index (χ2n) is 6.34. The summed E-state index contributed by atoms with van der Waals surface area (Å²) in [5.41, 5.74) is 4.02. The van der Waals surface area contributed by atoms with E-state index in [1.807, 2.05) is 13.0 Å². The molecule has 0 aliphatic rings. The van der Waals surface area contributed by atoms with Gasteiger partial charge in [0.1, 0.15) is 17.2 Å². The van der Waals surface area contributed by atoms with Gasteiger partial charge in [-0.3, -0.25) is 4.79 Å². The zero-order chi connectivity index (χ0) is 21.7. The number of ether oxygens (including phenoxy) is 1. The number of rotatable bonds is 5. The SMILES string of the molecule is Cc1cccc(C(=O)Oc2ccc(Br)cc2/C=N\NC(=O)c2ccc(O)cc2O)c1. The van der Waals surface area contributed by atoms with Crippen molar-refractivity contribution in [2.24, 2.45) is 5.10 Å². The highest BCUT2D eigenvalue weighted by Gasteiger charge is 2.13. The molecule has 3 aromatic rings. The van der Waals surface area contributed by atoms with Crippen LogP contribution in [0, 0.1) is 6.92 Å². The van der Waals surface area contributed by atoms with Crippen LogP contribution < -0.4 is 10.2 Å². The molecule has 3 N–H and O–H groups in total. The second-order valence-corrected chi connectivity index (χ2v) is 7.26. The van der Waals surface area contributed by atoms with Crippen LogP contribution in [-0.4, -0.2) is 28.3 Å². The average Bonchev–Trinajstić information content (AvgIpc) is 2.69. The third-order valence-electron chi connectivity index (χ3n) is 4.02. The van der Waals surface area contributed by atoms with Gasteiger partial charge in [0, 0.05) is 16.1 Å². The molecule has 0 aromatic heterocycles. The summed E-state index contributed by atoms with van der Waals surface area (Å²) in [6.45, 7) is 1.88. The van der Waals surface area contributed by atoms with Crippen molar-refractivity contribution in [3.8, 4) is 17.2 Å². The summed E-state index contributed by atoms with van der Waals surface area (Å²) in [4.78, 5) is 24.6. The minimum absolute atomic E-state index is 0.0507. The number of benzene rings is 3. The first-order chi connectivity index (χ1) is 14.3. The van der Waals surface area contributed by atoms with Crippen LogP contribution in [0.25, 0.3) is 0 Å². The molecular weight excluding hydrogens is 452 g/mol. The van der Waals surface area contributed by atoms with Gasteiger partial charge in [0.25, 0.3) is 5.91 Å². The van der Waals surface area contributed by atoms with Crippen LogP contribution in [0.3, 0.4) is 0 Å². The molecule has 0 unspecified atom stereocenters. The quantitative estimate of drug-likeness (QED) is 0.225. The topological polar surface area (TPSA) is 108 Å². The summed E-state index contributed by atoms with van der Waals surface area (Å²) in [7, 11) is 0. The number of hydrogen-bond acceptors (Lipinski definition) is 6. The third-order valence-corrected chi connectivity index (χ3v) is 4.52. The van der Waals surface area contributed by atoms with Crippen LogP contribution in [0.2, 0.25) is 0 Å². The Morgan fingerprint density at radius 1 is 1.07 bits per heavy atom. The lowest BCUT2D eigenvalue weighted by molar-refractivity contribution is 0.0734. The highest BCUT2D eigenvalue weighted by Crippen LogP contribution is 2.24. The number of esters is 1. The molecule has 8 heteroatoms. The van der Waals surface area contributed by atoms with Gasteiger partial charge in [0.15, 0.2) is 0 Å². The van der Waals surface area contributed by atoms with Crippen molar-refractivity contribution in [1.29, 1.82) is 0 Å². The summed E-state index contributed by atoms with van der Waals surface area (Å²) < 4.78 is 6.21. The van der Waals surface area contributed by atoms with E-state index in [-0.39, 0.29) is 22.8 Å². The maximum atomic E-state index is 12.4. The first kappa shape index (κ1) is 21.1. The van der Waals surface area contributed by atoms with E-state index in [4.69, 9.17) is 4.74 Å². The number of carbonyl (C=O) groups excluding carboxylic acids is 2. The van der Waals surface area contributed by atoms with Crippen molar-refractivity contribution in [2.45, 2.75) is 6.92 Å². The van der Waals surface area contributed by atoms with E-state index < -0.39 is 11.9 Å². The molecule has 0 aliphatic carbocycles. The van der Waals surface area contributed by atoms with Gasteiger partial charge < -0.3 is 14.9 Å². The molecule has 0 aliphatic heterocycles. The lowest BCUT2D eigenvalue weighted by Gasteiger charge is -2.08. The minimum atomic E-state index is -0.669. The van der Waals surface area contributed by atoms with Crippen LogP contribution in [0.1, 0.15) is 31.8 Å². The van der Waals surface area contributed by atoms with Crippen LogP contribution in [0.15, 0.2) is 70.2 Å². The number of nitrogens with zero attached hydrogens (tertiary/aromatic N) is 1. The van der Waals surface area contributed by atoms with Crippen LogP contribution in [0.4, 0.5) is 0 Å². The molecule has 0 bridgehead atoms. The van der Waals surface area contributed by atoms with Gasteiger partial charge in [-0.2, -0.15) is 5.10 Å². The summed E-state index contributed by atoms with van der Waals surface area (Å²) in [5.74, 6) is -1.47. The average molecular weight is 469 g/mol. The Morgan fingerprint density at radius 2 is 1.87 bits per heavy atom. The van der Waals surface area contributed by atoms with E-state index in [0.717, 1.165) is 16.1 Å². The number of phenols is 2. The maximum Gasteiger partial charge on any atom is 0.343 e. The number of hydrogen-bond donors (Lipinski definition) is 3. The van der Waals surface area contributed by atoms with Crippen molar-refractivity contribution < 1.29 is 24.5 Å². The number of nitrogens with one attached hydrogen (secondary N) is 1. The Labute approximate surface area is 180 Å². The van der Waals surface area contributed by atoms with Gasteiger partial charge >= 0.3 is 5.97 Å². The molecule has 7 nitrogen and oxygen atoms in total. The van der Waals surface area contributed by atoms with Crippen molar-refractivity contribution in [1.82, 2.24) is 5.43 Å². The Kier molecular flexibility index (Phi) is 6.48. The lowest BCUT2D eigenvalue weighted by Crippen LogP contribution is -2.18. The van der Waals surface area contributed by atoms with Gasteiger partial charge in [0.2, 0.25) is 0 Å². The lowest BCUT2D eigenvalue weighted by atomic mass is 10.1. The first-order valence-corrected chi connectivity index (χ1v) is 9.56. The van der Waals surface area contributed by atoms with Crippen LogP contribution in [-0.2, 0) is 0 Å². The molecule has 0 atom stereocenters. The summed E-state index contributed by atoms with van der Waals surface area (Å²) in [6.07, 6.45) is 1.32. The molecule has 3 rings (SSSR count). The van der Waals surface area contributed by atoms with E-state index in [1.54, 1.807) is 36.4 Å². The number of halogens is 1. The largest absolute Gasteiger partial charge is 0.508 e. The predicted octanol–water partition coefficient (Wildman–Crippen LogP) is 4.15. The number of hydrazone groups is 1. The molecule has 1 amide bonds. The van der Waals surface area contributed by atoms with E-state index in [9.17, 15) is 19.8 Å². The minimum Gasteiger partial charge on any atom is -0.508 e. The Bertz CT molecular complexity index is 1140. The van der Waals surface area contributed by atoms with Gasteiger partial charge in [-0.05, 0) is 49.4 Å². The molecule has 0 heterocycles. The van der Waals surface area contributed by atoms with Crippen LogP contribution >= 0.6 is 15.9 Å². The summed E-state index contributed by atoms with van der Waals surface area (Å²) in [6, 6.07) is 15.6. The van der Waals surface area contributed by atoms with Crippen molar-refractivity contribution >= 4 is 34.0 Å². The molecule has 0 radical (unpaired) electrons. The Balaban J connectivity index is 1.76. The molecule has 0 fully saturated rings. The third kappa shape index (κ3) is 5.24. The van der Waals surface area contributed by atoms with E-state index >= 15 is 0 Å². The highest BCUT2D eigenvalue weighted by atomic mass is 79.9. The predicted molar refractivity (Wildman–Crippen MR) is 115 cm³/mol. The second kappa shape index (κ2) is 9.23. The number of carbonyl (C=O) groups is 2. The van der Waals surface area contributed by atoms with Crippen LogP contribution in [0.5, 0.6) is 17.2 Å². The fraction of sp³-hybridized carbons (Fsp3) is 0.0455. The van der Waals surface area contributed by atoms with Crippen molar-refractivity contribution in [2.75, 3.05) is 0 Å². The molecule has 0 saturated heterocycles. The number of aryl methyl sites for hydroxylation is 1. The molecule has 3 aromatic carbocycles. The first-order valence-electron chi connectivity index (χ1n) is 8.77. The standard InChI is InChI=1S/C22H17BrN2O5/c1-13-3-2-4-14(9-13)22(29)30-20-8-5-16(23)10-15(20)12-24-25-21(28)18-7-6-17(26)11-19(18)27/h2-12,26-27H,1H3,(H,25,28)/b24-12-. The zero-order valence-corrected chi connectivity index (χ0v) is 17.4. The van der Waals surface area contributed by atoms with Gasteiger partial charge in [-0.15, -0.1) is 0 Å². The van der Waals surface area contributed by atoms with Gasteiger partial charge in [-0.25, -0.2) is 10.2 Å². The van der Waals surface area contributed by atoms with E-state index in [0.29, 0.717) is 11.1 Å². The maximum absolute atomic E-state index is 12.4. The molecule has 0 spiro atoms. The number of aromatic hydroxyl groups is 2. The molecule has 0 saturated carbocycles. The molecule has 30 heavy (non-hydrogen) atoms. The number of amides is 1. The fourth-order valence-corrected chi connectivity index (χ4v) is 2.96. The fourth-order valence-electron chi connectivity index (χ4n) is 2.58. The van der Waals surface area contributed by atoms with Gasteiger partial charge in [-0.1, -0.05) is 33.6 Å². The van der Waals surface area contributed by atoms with Crippen molar-refractivity contribution in [3.05, 3.63) is 87.4 Å². The van der Waals surface area contributed by atoms with Gasteiger partial charge in [0.05, 0.1) is 17.3 Å². The smallest absolute Gasteiger partial charge is 0.343 e. The Morgan fingerprint density at radius 3 is 2.60 bits per heavy atom. The Hall–Kier alpha value is -3.65. The highest BCUT2D eigenvalue weighted by molar-refractivity contribution is 9.10. The monoisotopic (exact) mass is 468 g/mol. The summed E-state index contributed by atoms with van der Waals surface area (Å²) in [5, 5.41) is 22.9. The number of phenolic OH excluding ortho intramolecular Hbond substituents is 2. The van der Waals surface area contributed by atoms with Crippen molar-refractivity contribution in [3.63, 3.8) is 0 Å². The molecular formula is C22H17BrN2O5. The normalized spacial score (nSPS) is 10.7. The molecule has 152 valence electrons. The van der Waals surface area contributed by atoms with E-state index in [1.165, 1.54) is 18.3 Å². The van der Waals surface area contributed by atoms with E-state index in [2.05, 4.69) is 26.5 Å². The zero-order valence-electron chi connectivity index (χ0n) is 15.8. The summed E-state index contributed by atoms with van der Waals surface area (Å²) >= 11 is 3.34.